The Hall–Kier alpha value is -0.610. The highest BCUT2D eigenvalue weighted by Gasteiger charge is 2.31. The van der Waals surface area contributed by atoms with E-state index in [0.29, 0.717) is 11.9 Å². The van der Waals surface area contributed by atoms with Crippen LogP contribution in [0.25, 0.3) is 0 Å². The number of hydrogen-bond donors (Lipinski definition) is 1. The van der Waals surface area contributed by atoms with Crippen LogP contribution < -0.4 is 0 Å². The highest BCUT2D eigenvalue weighted by atomic mass is 16.3. The molecule has 1 aliphatic carbocycles. The lowest BCUT2D eigenvalue weighted by Gasteiger charge is -2.37. The van der Waals surface area contributed by atoms with Gasteiger partial charge in [0.1, 0.15) is 0 Å². The SMILES string of the molecule is CN1CCC(N(C)C(=O)C2CCC(O)CC2)CC1. The van der Waals surface area contributed by atoms with Gasteiger partial charge in [0.05, 0.1) is 6.10 Å². The van der Waals surface area contributed by atoms with Crippen LogP contribution in [0.1, 0.15) is 38.5 Å². The van der Waals surface area contributed by atoms with Crippen molar-refractivity contribution in [3.8, 4) is 0 Å². The molecule has 0 atom stereocenters. The molecule has 0 bridgehead atoms. The van der Waals surface area contributed by atoms with Crippen molar-refractivity contribution in [1.29, 1.82) is 0 Å². The van der Waals surface area contributed by atoms with Gasteiger partial charge < -0.3 is 14.9 Å². The molecule has 1 saturated heterocycles. The molecule has 0 unspecified atom stereocenters. The van der Waals surface area contributed by atoms with Crippen LogP contribution in [-0.2, 0) is 4.79 Å². The number of rotatable bonds is 2. The topological polar surface area (TPSA) is 43.8 Å². The van der Waals surface area contributed by atoms with E-state index in [4.69, 9.17) is 0 Å². The predicted octanol–water partition coefficient (Wildman–Crippen LogP) is 1.09. The minimum Gasteiger partial charge on any atom is -0.393 e. The van der Waals surface area contributed by atoms with E-state index in [0.717, 1.165) is 51.6 Å². The van der Waals surface area contributed by atoms with Crippen LogP contribution in [0.2, 0.25) is 0 Å². The molecular formula is C14H26N2O2. The second-order valence-corrected chi connectivity index (χ2v) is 5.99. The maximum atomic E-state index is 12.4. The van der Waals surface area contributed by atoms with Gasteiger partial charge in [-0.25, -0.2) is 0 Å². The number of aliphatic hydroxyl groups is 1. The number of nitrogens with zero attached hydrogens (tertiary/aromatic N) is 2. The Morgan fingerprint density at radius 2 is 1.67 bits per heavy atom. The minimum atomic E-state index is -0.178. The maximum absolute atomic E-state index is 12.4. The molecule has 4 heteroatoms. The summed E-state index contributed by atoms with van der Waals surface area (Å²) in [5.41, 5.74) is 0. The normalized spacial score (nSPS) is 31.3. The van der Waals surface area contributed by atoms with E-state index in [9.17, 15) is 9.90 Å². The van der Waals surface area contributed by atoms with Crippen molar-refractivity contribution < 1.29 is 9.90 Å². The number of carbonyl (C=O) groups is 1. The van der Waals surface area contributed by atoms with Crippen molar-refractivity contribution >= 4 is 5.91 Å². The first kappa shape index (κ1) is 13.8. The molecule has 1 amide bonds. The van der Waals surface area contributed by atoms with Crippen LogP contribution in [0.4, 0.5) is 0 Å². The molecule has 104 valence electrons. The second kappa shape index (κ2) is 6.02. The van der Waals surface area contributed by atoms with E-state index in [1.54, 1.807) is 0 Å². The molecule has 1 aliphatic heterocycles. The van der Waals surface area contributed by atoms with Gasteiger partial charge in [0.2, 0.25) is 5.91 Å². The Morgan fingerprint density at radius 1 is 1.11 bits per heavy atom. The summed E-state index contributed by atoms with van der Waals surface area (Å²) < 4.78 is 0. The molecular weight excluding hydrogens is 228 g/mol. The summed E-state index contributed by atoms with van der Waals surface area (Å²) in [6.45, 7) is 2.18. The molecule has 2 aliphatic rings. The number of piperidine rings is 1. The molecule has 0 aromatic carbocycles. The molecule has 0 radical (unpaired) electrons. The van der Waals surface area contributed by atoms with Crippen LogP contribution in [0, 0.1) is 5.92 Å². The molecule has 18 heavy (non-hydrogen) atoms. The fourth-order valence-corrected chi connectivity index (χ4v) is 3.17. The lowest BCUT2D eigenvalue weighted by atomic mass is 9.86. The van der Waals surface area contributed by atoms with Gasteiger partial charge >= 0.3 is 0 Å². The van der Waals surface area contributed by atoms with Crippen LogP contribution in [0.5, 0.6) is 0 Å². The van der Waals surface area contributed by atoms with Crippen LogP contribution >= 0.6 is 0 Å². The number of aliphatic hydroxyl groups excluding tert-OH is 1. The Labute approximate surface area is 110 Å². The largest absolute Gasteiger partial charge is 0.393 e. The van der Waals surface area contributed by atoms with Gasteiger partial charge in [-0.3, -0.25) is 4.79 Å². The van der Waals surface area contributed by atoms with Crippen molar-refractivity contribution in [2.24, 2.45) is 5.92 Å². The van der Waals surface area contributed by atoms with Crippen LogP contribution in [0.3, 0.4) is 0 Å². The van der Waals surface area contributed by atoms with Crippen molar-refractivity contribution in [2.75, 3.05) is 27.2 Å². The van der Waals surface area contributed by atoms with Crippen molar-refractivity contribution in [3.05, 3.63) is 0 Å². The first-order valence-electron chi connectivity index (χ1n) is 7.21. The first-order valence-corrected chi connectivity index (χ1v) is 7.21. The smallest absolute Gasteiger partial charge is 0.225 e. The summed E-state index contributed by atoms with van der Waals surface area (Å²) in [4.78, 5) is 16.7. The minimum absolute atomic E-state index is 0.151. The van der Waals surface area contributed by atoms with Crippen molar-refractivity contribution in [3.63, 3.8) is 0 Å². The number of carbonyl (C=O) groups excluding carboxylic acids is 1. The van der Waals surface area contributed by atoms with Gasteiger partial charge in [0, 0.05) is 19.0 Å². The van der Waals surface area contributed by atoms with Crippen LogP contribution in [0.15, 0.2) is 0 Å². The average molecular weight is 254 g/mol. The number of amides is 1. The molecule has 1 heterocycles. The molecule has 2 rings (SSSR count). The highest BCUT2D eigenvalue weighted by Crippen LogP contribution is 2.27. The van der Waals surface area contributed by atoms with E-state index >= 15 is 0 Å². The van der Waals surface area contributed by atoms with Crippen molar-refractivity contribution in [2.45, 2.75) is 50.7 Å². The van der Waals surface area contributed by atoms with Gasteiger partial charge in [0.25, 0.3) is 0 Å². The highest BCUT2D eigenvalue weighted by molar-refractivity contribution is 5.79. The zero-order valence-electron chi connectivity index (χ0n) is 11.6. The standard InChI is InChI=1S/C14H26N2O2/c1-15-9-7-12(8-10-15)16(2)14(18)11-3-5-13(17)6-4-11/h11-13,17H,3-10H2,1-2H3. The van der Waals surface area contributed by atoms with Crippen LogP contribution in [-0.4, -0.2) is 60.1 Å². The lowest BCUT2D eigenvalue weighted by Crippen LogP contribution is -2.47. The third kappa shape index (κ3) is 3.23. The molecule has 4 nitrogen and oxygen atoms in total. The fraction of sp³-hybridized carbons (Fsp3) is 0.929. The fourth-order valence-electron chi connectivity index (χ4n) is 3.17. The van der Waals surface area contributed by atoms with E-state index in [1.165, 1.54) is 0 Å². The Balaban J connectivity index is 1.84. The summed E-state index contributed by atoms with van der Waals surface area (Å²) in [6, 6.07) is 0.417. The predicted molar refractivity (Wildman–Crippen MR) is 71.3 cm³/mol. The summed E-state index contributed by atoms with van der Waals surface area (Å²) in [7, 11) is 4.10. The van der Waals surface area contributed by atoms with Gasteiger partial charge in [-0.15, -0.1) is 0 Å². The Bertz CT molecular complexity index is 280. The number of hydrogen-bond acceptors (Lipinski definition) is 3. The van der Waals surface area contributed by atoms with E-state index in [1.807, 2.05) is 11.9 Å². The molecule has 0 spiro atoms. The van der Waals surface area contributed by atoms with E-state index in [2.05, 4.69) is 11.9 Å². The van der Waals surface area contributed by atoms with E-state index < -0.39 is 0 Å². The third-order valence-corrected chi connectivity index (χ3v) is 4.63. The first-order chi connectivity index (χ1) is 8.58. The number of likely N-dealkylation sites (tertiary alicyclic amines) is 1. The molecule has 1 N–H and O–H groups in total. The molecule has 0 aromatic heterocycles. The van der Waals surface area contributed by atoms with Gasteiger partial charge in [-0.05, 0) is 58.7 Å². The molecule has 2 fully saturated rings. The Kier molecular flexibility index (Phi) is 4.62. The van der Waals surface area contributed by atoms with Crippen molar-refractivity contribution in [1.82, 2.24) is 9.80 Å². The zero-order valence-corrected chi connectivity index (χ0v) is 11.6. The van der Waals surface area contributed by atoms with Gasteiger partial charge in [-0.2, -0.15) is 0 Å². The third-order valence-electron chi connectivity index (χ3n) is 4.63. The molecule has 1 saturated carbocycles. The Morgan fingerprint density at radius 3 is 2.22 bits per heavy atom. The van der Waals surface area contributed by atoms with E-state index in [-0.39, 0.29) is 12.0 Å². The summed E-state index contributed by atoms with van der Waals surface area (Å²) in [5.74, 6) is 0.453. The summed E-state index contributed by atoms with van der Waals surface area (Å²) in [5, 5.41) is 9.49. The summed E-state index contributed by atoms with van der Waals surface area (Å²) >= 11 is 0. The maximum Gasteiger partial charge on any atom is 0.225 e. The average Bonchev–Trinajstić information content (AvgIpc) is 2.39. The monoisotopic (exact) mass is 254 g/mol. The summed E-state index contributed by atoms with van der Waals surface area (Å²) in [6.07, 6.45) is 5.30. The zero-order chi connectivity index (χ0) is 13.1. The van der Waals surface area contributed by atoms with Gasteiger partial charge in [-0.1, -0.05) is 0 Å². The quantitative estimate of drug-likeness (QED) is 0.802. The second-order valence-electron chi connectivity index (χ2n) is 5.99. The molecule has 0 aromatic rings. The lowest BCUT2D eigenvalue weighted by molar-refractivity contribution is -0.138. The van der Waals surface area contributed by atoms with Gasteiger partial charge in [0.15, 0.2) is 0 Å².